The first-order valence-electron chi connectivity index (χ1n) is 6.44. The average molecular weight is 272 g/mol. The maximum Gasteiger partial charge on any atom is 0.125 e. The standard InChI is InChI=1S/C15H25NO.ClH/c1-6-10-17-15-12(2)8-7-9-14(15)11-13(3)16(4)5;/h7-9,13H,6,10-11H2,1-5H3;1H. The Bertz CT molecular complexity index is 352. The van der Waals surface area contributed by atoms with Crippen molar-refractivity contribution in [2.24, 2.45) is 0 Å². The lowest BCUT2D eigenvalue weighted by Crippen LogP contribution is -2.26. The maximum absolute atomic E-state index is 5.88. The zero-order chi connectivity index (χ0) is 12.8. The second kappa shape index (κ2) is 8.39. The van der Waals surface area contributed by atoms with E-state index < -0.39 is 0 Å². The van der Waals surface area contributed by atoms with E-state index in [4.69, 9.17) is 4.74 Å². The molecule has 1 aromatic rings. The first-order chi connectivity index (χ1) is 8.06. The summed E-state index contributed by atoms with van der Waals surface area (Å²) in [5.74, 6) is 1.09. The lowest BCUT2D eigenvalue weighted by molar-refractivity contribution is 0.293. The van der Waals surface area contributed by atoms with Crippen molar-refractivity contribution in [2.45, 2.75) is 39.7 Å². The Kier molecular flexibility index (Phi) is 8.05. The monoisotopic (exact) mass is 271 g/mol. The molecule has 1 aromatic carbocycles. The predicted molar refractivity (Wildman–Crippen MR) is 81.1 cm³/mol. The quantitative estimate of drug-likeness (QED) is 0.782. The molecule has 0 N–H and O–H groups in total. The number of nitrogens with zero attached hydrogens (tertiary/aromatic N) is 1. The summed E-state index contributed by atoms with van der Waals surface area (Å²) in [6.45, 7) is 7.30. The second-order valence-corrected chi connectivity index (χ2v) is 4.93. The van der Waals surface area contributed by atoms with Gasteiger partial charge in [-0.2, -0.15) is 0 Å². The van der Waals surface area contributed by atoms with Crippen LogP contribution in [0.3, 0.4) is 0 Å². The molecule has 0 saturated heterocycles. The smallest absolute Gasteiger partial charge is 0.125 e. The topological polar surface area (TPSA) is 12.5 Å². The molecule has 1 rings (SSSR count). The molecule has 1 unspecified atom stereocenters. The molecule has 104 valence electrons. The summed E-state index contributed by atoms with van der Waals surface area (Å²) in [4.78, 5) is 2.24. The molecule has 0 aromatic heterocycles. The molecule has 0 bridgehead atoms. The largest absolute Gasteiger partial charge is 0.493 e. The van der Waals surface area contributed by atoms with E-state index in [1.807, 2.05) is 0 Å². The van der Waals surface area contributed by atoms with E-state index in [0.717, 1.165) is 25.2 Å². The van der Waals surface area contributed by atoms with Crippen LogP contribution >= 0.6 is 12.4 Å². The first-order valence-corrected chi connectivity index (χ1v) is 6.44. The zero-order valence-corrected chi connectivity index (χ0v) is 13.0. The normalized spacial score (nSPS) is 12.1. The lowest BCUT2D eigenvalue weighted by atomic mass is 10.0. The van der Waals surface area contributed by atoms with E-state index in [1.165, 1.54) is 11.1 Å². The number of hydrogen-bond donors (Lipinski definition) is 0. The Morgan fingerprint density at radius 3 is 2.50 bits per heavy atom. The maximum atomic E-state index is 5.88. The van der Waals surface area contributed by atoms with Crippen LogP contribution in [0.2, 0.25) is 0 Å². The van der Waals surface area contributed by atoms with Gasteiger partial charge in [0.05, 0.1) is 6.61 Å². The van der Waals surface area contributed by atoms with Gasteiger partial charge < -0.3 is 9.64 Å². The Morgan fingerprint density at radius 2 is 1.94 bits per heavy atom. The number of rotatable bonds is 6. The van der Waals surface area contributed by atoms with Gasteiger partial charge in [-0.05, 0) is 51.9 Å². The molecule has 0 fully saturated rings. The van der Waals surface area contributed by atoms with Crippen molar-refractivity contribution in [1.29, 1.82) is 0 Å². The highest BCUT2D eigenvalue weighted by molar-refractivity contribution is 5.85. The Labute approximate surface area is 118 Å². The summed E-state index contributed by atoms with van der Waals surface area (Å²) in [7, 11) is 4.24. The van der Waals surface area contributed by atoms with Gasteiger partial charge in [-0.15, -0.1) is 12.4 Å². The fourth-order valence-corrected chi connectivity index (χ4v) is 1.79. The fraction of sp³-hybridized carbons (Fsp3) is 0.600. The molecule has 1 atom stereocenters. The fourth-order valence-electron chi connectivity index (χ4n) is 1.79. The molecule has 2 nitrogen and oxygen atoms in total. The van der Waals surface area contributed by atoms with E-state index in [0.29, 0.717) is 6.04 Å². The van der Waals surface area contributed by atoms with Gasteiger partial charge in [-0.3, -0.25) is 0 Å². The van der Waals surface area contributed by atoms with Crippen LogP contribution in [0.25, 0.3) is 0 Å². The van der Waals surface area contributed by atoms with Crippen LogP contribution in [0.15, 0.2) is 18.2 Å². The van der Waals surface area contributed by atoms with Crippen LogP contribution in [-0.4, -0.2) is 31.6 Å². The highest BCUT2D eigenvalue weighted by Crippen LogP contribution is 2.25. The molecule has 0 spiro atoms. The number of likely N-dealkylation sites (N-methyl/N-ethyl adjacent to an activating group) is 1. The lowest BCUT2D eigenvalue weighted by Gasteiger charge is -2.22. The van der Waals surface area contributed by atoms with Crippen LogP contribution in [0.1, 0.15) is 31.4 Å². The van der Waals surface area contributed by atoms with E-state index in [-0.39, 0.29) is 12.4 Å². The number of benzene rings is 1. The van der Waals surface area contributed by atoms with Crippen molar-refractivity contribution in [1.82, 2.24) is 4.90 Å². The summed E-state index contributed by atoms with van der Waals surface area (Å²) in [6.07, 6.45) is 2.09. The van der Waals surface area contributed by atoms with Gasteiger partial charge in [-0.1, -0.05) is 25.1 Å². The Hall–Kier alpha value is -0.730. The first kappa shape index (κ1) is 17.3. The highest BCUT2D eigenvalue weighted by atomic mass is 35.5. The van der Waals surface area contributed by atoms with Crippen LogP contribution in [0, 0.1) is 6.92 Å². The van der Waals surface area contributed by atoms with Crippen LogP contribution in [-0.2, 0) is 6.42 Å². The molecule has 0 saturated carbocycles. The van der Waals surface area contributed by atoms with Gasteiger partial charge in [-0.25, -0.2) is 0 Å². The molecule has 0 aliphatic heterocycles. The van der Waals surface area contributed by atoms with Gasteiger partial charge >= 0.3 is 0 Å². The van der Waals surface area contributed by atoms with Crippen LogP contribution in [0.4, 0.5) is 0 Å². The molecular formula is C15H26ClNO. The second-order valence-electron chi connectivity index (χ2n) is 4.93. The Balaban J connectivity index is 0.00000289. The minimum atomic E-state index is 0. The molecule has 3 heteroatoms. The summed E-state index contributed by atoms with van der Waals surface area (Å²) >= 11 is 0. The van der Waals surface area contributed by atoms with Crippen LogP contribution in [0.5, 0.6) is 5.75 Å². The van der Waals surface area contributed by atoms with Crippen molar-refractivity contribution in [2.75, 3.05) is 20.7 Å². The number of ether oxygens (including phenoxy) is 1. The van der Waals surface area contributed by atoms with E-state index in [2.05, 4.69) is 58.0 Å². The van der Waals surface area contributed by atoms with E-state index in [1.54, 1.807) is 0 Å². The molecule has 0 heterocycles. The van der Waals surface area contributed by atoms with Crippen molar-refractivity contribution in [3.05, 3.63) is 29.3 Å². The number of para-hydroxylation sites is 1. The van der Waals surface area contributed by atoms with Crippen molar-refractivity contribution in [3.8, 4) is 5.75 Å². The third-order valence-corrected chi connectivity index (χ3v) is 3.14. The van der Waals surface area contributed by atoms with Crippen LogP contribution < -0.4 is 4.74 Å². The number of halogens is 1. The minimum absolute atomic E-state index is 0. The predicted octanol–water partition coefficient (Wildman–Crippen LogP) is 3.70. The third-order valence-electron chi connectivity index (χ3n) is 3.14. The van der Waals surface area contributed by atoms with Crippen molar-refractivity contribution >= 4 is 12.4 Å². The molecule has 0 amide bonds. The minimum Gasteiger partial charge on any atom is -0.493 e. The number of hydrogen-bond acceptors (Lipinski definition) is 2. The molecule has 0 aliphatic carbocycles. The van der Waals surface area contributed by atoms with E-state index in [9.17, 15) is 0 Å². The van der Waals surface area contributed by atoms with Gasteiger partial charge in [0.1, 0.15) is 5.75 Å². The Morgan fingerprint density at radius 1 is 1.28 bits per heavy atom. The summed E-state index contributed by atoms with van der Waals surface area (Å²) < 4.78 is 5.88. The van der Waals surface area contributed by atoms with Gasteiger partial charge in [0, 0.05) is 6.04 Å². The molecule has 18 heavy (non-hydrogen) atoms. The van der Waals surface area contributed by atoms with Crippen molar-refractivity contribution < 1.29 is 4.74 Å². The number of aryl methyl sites for hydroxylation is 1. The molecule has 0 radical (unpaired) electrons. The van der Waals surface area contributed by atoms with Gasteiger partial charge in [0.2, 0.25) is 0 Å². The highest BCUT2D eigenvalue weighted by Gasteiger charge is 2.11. The summed E-state index contributed by atoms with van der Waals surface area (Å²) in [5.41, 5.74) is 2.56. The van der Waals surface area contributed by atoms with Gasteiger partial charge in [0.15, 0.2) is 0 Å². The zero-order valence-electron chi connectivity index (χ0n) is 12.2. The van der Waals surface area contributed by atoms with E-state index >= 15 is 0 Å². The summed E-state index contributed by atoms with van der Waals surface area (Å²) in [6, 6.07) is 6.94. The van der Waals surface area contributed by atoms with Crippen molar-refractivity contribution in [3.63, 3.8) is 0 Å². The average Bonchev–Trinajstić information content (AvgIpc) is 2.28. The van der Waals surface area contributed by atoms with Gasteiger partial charge in [0.25, 0.3) is 0 Å². The summed E-state index contributed by atoms with van der Waals surface area (Å²) in [5, 5.41) is 0. The molecular weight excluding hydrogens is 246 g/mol. The molecule has 0 aliphatic rings. The third kappa shape index (κ3) is 4.87. The SMILES string of the molecule is CCCOc1c(C)cccc1CC(C)N(C)C.Cl.